The Morgan fingerprint density at radius 3 is 1.52 bits per heavy atom. The van der Waals surface area contributed by atoms with Crippen LogP contribution in [0.15, 0.2) is 24.3 Å². The van der Waals surface area contributed by atoms with Crippen LogP contribution in [-0.4, -0.2) is 217 Å². The molecular weight excluding hydrogens is 907 g/mol. The van der Waals surface area contributed by atoms with Gasteiger partial charge in [0.1, 0.15) is 12.1 Å². The first kappa shape index (κ1) is 56.9. The summed E-state index contributed by atoms with van der Waals surface area (Å²) in [4.78, 5) is 112. The highest BCUT2D eigenvalue weighted by Crippen LogP contribution is 2.16. The van der Waals surface area contributed by atoms with E-state index < -0.39 is 84.7 Å². The molecule has 3 amide bonds. The monoisotopic (exact) mass is 969 g/mol. The van der Waals surface area contributed by atoms with E-state index in [0.717, 1.165) is 24.8 Å². The lowest BCUT2D eigenvalue weighted by Crippen LogP contribution is -2.53. The fourth-order valence-corrected chi connectivity index (χ4v) is 7.29. The molecule has 1 heterocycles. The molecule has 1 unspecified atom stereocenters. The molecular formula is C41H63N9O16S. The standard InChI is InChI=1S/C41H63N9O16S/c51-32(11-9-30(38(62)63)45-40(66)46-31(39(64)65)10-12-33(52)53)42-13-3-1-2-4-14-43-41(67)44-28-7-5-27(6-8-28)21-29-22-49(25-36(58)59)18-17-47(23-34(54)55)15-16-48(24-35(56)57)19-20-50(29)26-37(60)61/h5-8,29-31H,1-4,9-26H2,(H,42,51)(H,52,53)(H,54,55)(H,56,57)(H,58,59)(H,60,61)(H,62,63)(H,64,65)(H2,43,44,67)(H2,45,46,66)/t29?,30-,31-/m0/s1. The summed E-state index contributed by atoms with van der Waals surface area (Å²) < 4.78 is 0. The Morgan fingerprint density at radius 2 is 1.03 bits per heavy atom. The lowest BCUT2D eigenvalue weighted by atomic mass is 10.0. The summed E-state index contributed by atoms with van der Waals surface area (Å²) in [5.41, 5.74) is 1.48. The van der Waals surface area contributed by atoms with Gasteiger partial charge in [-0.05, 0) is 62.0 Å². The van der Waals surface area contributed by atoms with E-state index >= 15 is 0 Å². The van der Waals surface area contributed by atoms with Gasteiger partial charge in [-0.3, -0.25) is 48.4 Å². The van der Waals surface area contributed by atoms with Crippen molar-refractivity contribution >= 4 is 76.7 Å². The quantitative estimate of drug-likeness (QED) is 0.0353. The van der Waals surface area contributed by atoms with Crippen molar-refractivity contribution in [1.29, 1.82) is 0 Å². The van der Waals surface area contributed by atoms with Gasteiger partial charge in [0.15, 0.2) is 5.11 Å². The number of carbonyl (C=O) groups is 9. The molecule has 1 aliphatic heterocycles. The number of amides is 3. The molecule has 0 spiro atoms. The van der Waals surface area contributed by atoms with Gasteiger partial charge in [0.25, 0.3) is 0 Å². The van der Waals surface area contributed by atoms with Crippen molar-refractivity contribution in [2.45, 2.75) is 75.9 Å². The number of hydrogen-bond donors (Lipinski definition) is 12. The van der Waals surface area contributed by atoms with Gasteiger partial charge in [0.2, 0.25) is 5.91 Å². The predicted molar refractivity (Wildman–Crippen MR) is 242 cm³/mol. The molecule has 12 N–H and O–H groups in total. The average molecular weight is 970 g/mol. The third-order valence-electron chi connectivity index (χ3n) is 10.5. The Kier molecular flexibility index (Phi) is 26.2. The van der Waals surface area contributed by atoms with Crippen molar-refractivity contribution < 1.29 is 78.9 Å². The van der Waals surface area contributed by atoms with E-state index in [1.807, 2.05) is 17.4 Å². The Labute approximate surface area is 391 Å². The number of carbonyl (C=O) groups excluding carboxylic acids is 2. The third-order valence-corrected chi connectivity index (χ3v) is 10.7. The normalized spacial score (nSPS) is 16.4. The molecule has 2 rings (SSSR count). The lowest BCUT2D eigenvalue weighted by molar-refractivity contribution is -0.142. The SMILES string of the molecule is O=C(O)CC[C@H](NC(=O)N[C@@H](CCC(=O)NCCCCCCNC(=S)Nc1ccc(CC2CN(CC(=O)O)CCN(CC(=O)O)CCN(CC(=O)O)CCN2CC(=O)O)cc1)C(=O)O)C(=O)O. The number of benzene rings is 1. The largest absolute Gasteiger partial charge is 0.481 e. The molecule has 1 saturated heterocycles. The van der Waals surface area contributed by atoms with Crippen molar-refractivity contribution in [2.24, 2.45) is 0 Å². The molecule has 1 fully saturated rings. The lowest BCUT2D eigenvalue weighted by Gasteiger charge is -2.37. The predicted octanol–water partition coefficient (Wildman–Crippen LogP) is -1.03. The molecule has 0 aromatic heterocycles. The van der Waals surface area contributed by atoms with E-state index in [0.29, 0.717) is 36.7 Å². The highest BCUT2D eigenvalue weighted by molar-refractivity contribution is 7.80. The van der Waals surface area contributed by atoms with Crippen LogP contribution in [0, 0.1) is 0 Å². The molecule has 0 bridgehead atoms. The number of carboxylic acids is 7. The van der Waals surface area contributed by atoms with Crippen LogP contribution in [0.5, 0.6) is 0 Å². The number of aliphatic carboxylic acids is 7. The van der Waals surface area contributed by atoms with Gasteiger partial charge in [0, 0.05) is 83.5 Å². The molecule has 374 valence electrons. The fourth-order valence-electron chi connectivity index (χ4n) is 7.07. The first-order chi connectivity index (χ1) is 31.7. The zero-order valence-corrected chi connectivity index (χ0v) is 37.9. The summed E-state index contributed by atoms with van der Waals surface area (Å²) in [6, 6.07) is 2.55. The molecule has 67 heavy (non-hydrogen) atoms. The van der Waals surface area contributed by atoms with Crippen molar-refractivity contribution in [3.05, 3.63) is 29.8 Å². The van der Waals surface area contributed by atoms with Crippen LogP contribution in [0.1, 0.15) is 56.9 Å². The number of carboxylic acid groups (broad SMARTS) is 7. The molecule has 1 aromatic carbocycles. The molecule has 1 aromatic rings. The third kappa shape index (κ3) is 25.9. The van der Waals surface area contributed by atoms with E-state index in [-0.39, 0.29) is 84.8 Å². The van der Waals surface area contributed by atoms with Crippen molar-refractivity contribution in [1.82, 2.24) is 40.9 Å². The highest BCUT2D eigenvalue weighted by Gasteiger charge is 2.28. The van der Waals surface area contributed by atoms with Crippen molar-refractivity contribution in [3.63, 3.8) is 0 Å². The van der Waals surface area contributed by atoms with E-state index in [2.05, 4.69) is 21.3 Å². The molecule has 1 aliphatic rings. The number of rotatable bonds is 28. The Balaban J connectivity index is 1.86. The summed E-state index contributed by atoms with van der Waals surface area (Å²) in [7, 11) is 0. The maximum atomic E-state index is 12.3. The van der Waals surface area contributed by atoms with Crippen molar-refractivity contribution in [3.8, 4) is 0 Å². The minimum absolute atomic E-state index is 0.138. The molecule has 3 atom stereocenters. The van der Waals surface area contributed by atoms with Gasteiger partial charge in [0.05, 0.1) is 26.2 Å². The number of hydrogen-bond acceptors (Lipinski definition) is 14. The second kappa shape index (κ2) is 30.9. The number of nitrogens with zero attached hydrogens (tertiary/aromatic N) is 4. The smallest absolute Gasteiger partial charge is 0.326 e. The van der Waals surface area contributed by atoms with E-state index in [1.165, 1.54) is 0 Å². The Hall–Kier alpha value is -6.22. The van der Waals surface area contributed by atoms with E-state index in [4.69, 9.17) is 17.3 Å². The molecule has 0 saturated carbocycles. The van der Waals surface area contributed by atoms with Gasteiger partial charge >= 0.3 is 47.8 Å². The Morgan fingerprint density at radius 1 is 0.567 bits per heavy atom. The molecule has 0 radical (unpaired) electrons. The van der Waals surface area contributed by atoms with Gasteiger partial charge < -0.3 is 62.3 Å². The highest BCUT2D eigenvalue weighted by atomic mass is 32.1. The average Bonchev–Trinajstić information content (AvgIpc) is 3.23. The zero-order valence-electron chi connectivity index (χ0n) is 37.1. The minimum atomic E-state index is -1.55. The van der Waals surface area contributed by atoms with Gasteiger partial charge in [-0.1, -0.05) is 25.0 Å². The summed E-state index contributed by atoms with van der Waals surface area (Å²) in [5, 5.41) is 79.3. The summed E-state index contributed by atoms with van der Waals surface area (Å²) in [5.74, 6) is -9.02. The van der Waals surface area contributed by atoms with Crippen LogP contribution < -0.4 is 26.6 Å². The van der Waals surface area contributed by atoms with Gasteiger partial charge in [-0.25, -0.2) is 14.4 Å². The molecule has 0 aliphatic carbocycles. The summed E-state index contributed by atoms with van der Waals surface area (Å²) in [6.45, 7) is 0.730. The van der Waals surface area contributed by atoms with E-state index in [1.54, 1.807) is 31.7 Å². The molecule has 26 heteroatoms. The topological polar surface area (TPSA) is 368 Å². The van der Waals surface area contributed by atoms with Crippen LogP contribution in [0.25, 0.3) is 0 Å². The van der Waals surface area contributed by atoms with Crippen LogP contribution >= 0.6 is 12.2 Å². The second-order valence-corrected chi connectivity index (χ2v) is 16.3. The maximum absolute atomic E-state index is 12.3. The minimum Gasteiger partial charge on any atom is -0.481 e. The maximum Gasteiger partial charge on any atom is 0.326 e. The number of urea groups is 1. The summed E-state index contributed by atoms with van der Waals surface area (Å²) >= 11 is 5.45. The van der Waals surface area contributed by atoms with Crippen LogP contribution in [0.4, 0.5) is 10.5 Å². The first-order valence-electron chi connectivity index (χ1n) is 21.6. The number of unbranched alkanes of at least 4 members (excludes halogenated alkanes) is 3. The van der Waals surface area contributed by atoms with Crippen LogP contribution in [0.3, 0.4) is 0 Å². The second-order valence-electron chi connectivity index (χ2n) is 15.9. The Bertz CT molecular complexity index is 1840. The fraction of sp³-hybridized carbons (Fsp3) is 0.610. The van der Waals surface area contributed by atoms with Crippen molar-refractivity contribution in [2.75, 3.05) is 90.4 Å². The molecule has 25 nitrogen and oxygen atoms in total. The van der Waals surface area contributed by atoms with Gasteiger partial charge in [-0.15, -0.1) is 0 Å². The zero-order chi connectivity index (χ0) is 49.9. The number of anilines is 1. The van der Waals surface area contributed by atoms with Crippen LogP contribution in [0.2, 0.25) is 0 Å². The van der Waals surface area contributed by atoms with E-state index in [9.17, 15) is 73.8 Å². The van der Waals surface area contributed by atoms with Gasteiger partial charge in [-0.2, -0.15) is 0 Å². The van der Waals surface area contributed by atoms with Crippen LogP contribution in [-0.2, 0) is 44.8 Å². The first-order valence-corrected chi connectivity index (χ1v) is 22.0. The number of thiocarbonyl (C=S) groups is 1. The summed E-state index contributed by atoms with van der Waals surface area (Å²) in [6.07, 6.45) is 1.81. The number of nitrogens with one attached hydrogen (secondary N) is 5.